The molecule has 0 aliphatic heterocycles. The quantitative estimate of drug-likeness (QED) is 0.347. The SMILES string of the molecule is COc1cc(C=CC(=O)CC(=O)C=Cc2ccc(OC)c(OC)c2)ccc1C=O. The van der Waals surface area contributed by atoms with Crippen molar-refractivity contribution in [3.05, 3.63) is 65.2 Å². The van der Waals surface area contributed by atoms with E-state index in [-0.39, 0.29) is 18.0 Å². The molecule has 6 nitrogen and oxygen atoms in total. The van der Waals surface area contributed by atoms with E-state index in [0.29, 0.717) is 34.7 Å². The molecule has 0 spiro atoms. The second kappa shape index (κ2) is 10.6. The van der Waals surface area contributed by atoms with E-state index in [0.717, 1.165) is 5.56 Å². The van der Waals surface area contributed by atoms with E-state index in [4.69, 9.17) is 14.2 Å². The lowest BCUT2D eigenvalue weighted by Gasteiger charge is -2.07. The van der Waals surface area contributed by atoms with Crippen LogP contribution in [0.5, 0.6) is 17.2 Å². The molecule has 0 radical (unpaired) electrons. The molecule has 0 N–H and O–H groups in total. The van der Waals surface area contributed by atoms with Gasteiger partial charge in [0.25, 0.3) is 0 Å². The van der Waals surface area contributed by atoms with E-state index in [9.17, 15) is 14.4 Å². The van der Waals surface area contributed by atoms with Crippen molar-refractivity contribution in [3.8, 4) is 17.2 Å². The second-order valence-corrected chi connectivity index (χ2v) is 6.01. The topological polar surface area (TPSA) is 78.9 Å². The Hall–Kier alpha value is -3.67. The molecule has 2 aromatic rings. The molecule has 0 heterocycles. The third kappa shape index (κ3) is 6.17. The second-order valence-electron chi connectivity index (χ2n) is 6.01. The minimum atomic E-state index is -0.328. The van der Waals surface area contributed by atoms with E-state index >= 15 is 0 Å². The highest BCUT2D eigenvalue weighted by Crippen LogP contribution is 2.28. The molecule has 6 heteroatoms. The molecule has 0 aliphatic carbocycles. The molecule has 29 heavy (non-hydrogen) atoms. The van der Waals surface area contributed by atoms with Crippen LogP contribution in [0, 0.1) is 0 Å². The first kappa shape index (κ1) is 21.6. The van der Waals surface area contributed by atoms with Gasteiger partial charge in [-0.1, -0.05) is 24.3 Å². The number of carbonyl (C=O) groups is 3. The summed E-state index contributed by atoms with van der Waals surface area (Å²) in [6, 6.07) is 10.2. The van der Waals surface area contributed by atoms with Crippen molar-refractivity contribution in [2.24, 2.45) is 0 Å². The molecule has 0 bridgehead atoms. The predicted molar refractivity (Wildman–Crippen MR) is 111 cm³/mol. The molecular weight excluding hydrogens is 372 g/mol. The number of aldehydes is 1. The Bertz CT molecular complexity index is 956. The zero-order valence-corrected chi connectivity index (χ0v) is 16.5. The van der Waals surface area contributed by atoms with Crippen LogP contribution in [0.15, 0.2) is 48.6 Å². The van der Waals surface area contributed by atoms with Crippen molar-refractivity contribution >= 4 is 30.0 Å². The summed E-state index contributed by atoms with van der Waals surface area (Å²) in [4.78, 5) is 35.0. The van der Waals surface area contributed by atoms with Gasteiger partial charge in [-0.2, -0.15) is 0 Å². The first-order chi connectivity index (χ1) is 14.0. The Morgan fingerprint density at radius 3 is 1.79 bits per heavy atom. The molecule has 0 aliphatic rings. The van der Waals surface area contributed by atoms with E-state index in [1.165, 1.54) is 26.4 Å². The van der Waals surface area contributed by atoms with Crippen LogP contribution in [0.25, 0.3) is 12.2 Å². The summed E-state index contributed by atoms with van der Waals surface area (Å²) in [5.41, 5.74) is 1.86. The van der Waals surface area contributed by atoms with Crippen LogP contribution >= 0.6 is 0 Å². The van der Waals surface area contributed by atoms with Gasteiger partial charge < -0.3 is 14.2 Å². The van der Waals surface area contributed by atoms with Gasteiger partial charge in [-0.15, -0.1) is 0 Å². The number of rotatable bonds is 10. The monoisotopic (exact) mass is 394 g/mol. The third-order valence-electron chi connectivity index (χ3n) is 4.06. The van der Waals surface area contributed by atoms with Crippen LogP contribution in [0.2, 0.25) is 0 Å². The number of hydrogen-bond acceptors (Lipinski definition) is 6. The number of ether oxygens (including phenoxy) is 3. The molecule has 0 atom stereocenters. The highest BCUT2D eigenvalue weighted by molar-refractivity contribution is 6.10. The Labute approximate surface area is 169 Å². The van der Waals surface area contributed by atoms with Gasteiger partial charge in [0.2, 0.25) is 0 Å². The lowest BCUT2D eigenvalue weighted by Crippen LogP contribution is -2.02. The van der Waals surface area contributed by atoms with Crippen LogP contribution in [-0.4, -0.2) is 39.2 Å². The standard InChI is InChI=1S/C23H22O6/c1-27-21-11-7-17(13-23(21)29-3)6-10-20(26)14-19(25)9-5-16-4-8-18(15-24)22(12-16)28-2/h4-13,15H,14H2,1-3H3. The zero-order valence-electron chi connectivity index (χ0n) is 16.5. The number of carbonyl (C=O) groups excluding carboxylic acids is 3. The maximum absolute atomic E-state index is 12.0. The van der Waals surface area contributed by atoms with Crippen LogP contribution < -0.4 is 14.2 Å². The molecule has 0 aromatic heterocycles. The first-order valence-electron chi connectivity index (χ1n) is 8.77. The first-order valence-corrected chi connectivity index (χ1v) is 8.77. The van der Waals surface area contributed by atoms with E-state index in [1.807, 2.05) is 0 Å². The molecule has 150 valence electrons. The number of allylic oxidation sites excluding steroid dienone is 2. The fraction of sp³-hybridized carbons (Fsp3) is 0.174. The number of ketones is 2. The van der Waals surface area contributed by atoms with Crippen molar-refractivity contribution in [1.29, 1.82) is 0 Å². The molecule has 0 saturated carbocycles. The summed E-state index contributed by atoms with van der Waals surface area (Å²) in [6.07, 6.45) is 6.33. The summed E-state index contributed by atoms with van der Waals surface area (Å²) >= 11 is 0. The smallest absolute Gasteiger partial charge is 0.163 e. The summed E-state index contributed by atoms with van der Waals surface area (Å²) < 4.78 is 15.5. The van der Waals surface area contributed by atoms with Crippen LogP contribution in [0.4, 0.5) is 0 Å². The Morgan fingerprint density at radius 2 is 1.28 bits per heavy atom. The molecule has 0 fully saturated rings. The summed E-state index contributed by atoms with van der Waals surface area (Å²) in [5.74, 6) is 0.920. The predicted octanol–water partition coefficient (Wildman–Crippen LogP) is 3.78. The molecule has 2 rings (SSSR count). The van der Waals surface area contributed by atoms with E-state index in [2.05, 4.69) is 0 Å². The summed E-state index contributed by atoms with van der Waals surface area (Å²) in [5, 5.41) is 0. The fourth-order valence-electron chi connectivity index (χ4n) is 2.55. The average molecular weight is 394 g/mol. The molecule has 2 aromatic carbocycles. The molecule has 0 saturated heterocycles. The van der Waals surface area contributed by atoms with E-state index < -0.39 is 0 Å². The van der Waals surface area contributed by atoms with Gasteiger partial charge >= 0.3 is 0 Å². The maximum Gasteiger partial charge on any atom is 0.163 e. The third-order valence-corrected chi connectivity index (χ3v) is 4.06. The Kier molecular flexibility index (Phi) is 7.91. The van der Waals surface area contributed by atoms with E-state index in [1.54, 1.807) is 55.7 Å². The van der Waals surface area contributed by atoms with Crippen molar-refractivity contribution < 1.29 is 28.6 Å². The zero-order chi connectivity index (χ0) is 21.2. The van der Waals surface area contributed by atoms with Gasteiger partial charge in [-0.05, 0) is 47.5 Å². The van der Waals surface area contributed by atoms with Crippen LogP contribution in [0.1, 0.15) is 27.9 Å². The number of benzene rings is 2. The van der Waals surface area contributed by atoms with Crippen molar-refractivity contribution in [2.45, 2.75) is 6.42 Å². The van der Waals surface area contributed by atoms with Crippen molar-refractivity contribution in [2.75, 3.05) is 21.3 Å². The van der Waals surface area contributed by atoms with Crippen LogP contribution in [-0.2, 0) is 9.59 Å². The lowest BCUT2D eigenvalue weighted by molar-refractivity contribution is -0.121. The molecular formula is C23H22O6. The molecule has 0 amide bonds. The average Bonchev–Trinajstić information content (AvgIpc) is 2.75. The highest BCUT2D eigenvalue weighted by atomic mass is 16.5. The van der Waals surface area contributed by atoms with Crippen molar-refractivity contribution in [1.82, 2.24) is 0 Å². The summed E-state index contributed by atoms with van der Waals surface area (Å²) in [7, 11) is 4.54. The van der Waals surface area contributed by atoms with Gasteiger partial charge in [0.15, 0.2) is 29.4 Å². The fourth-order valence-corrected chi connectivity index (χ4v) is 2.55. The molecule has 0 unspecified atom stereocenters. The number of hydrogen-bond donors (Lipinski definition) is 0. The van der Waals surface area contributed by atoms with Gasteiger partial charge in [0.1, 0.15) is 5.75 Å². The minimum Gasteiger partial charge on any atom is -0.496 e. The largest absolute Gasteiger partial charge is 0.496 e. The normalized spacial score (nSPS) is 10.9. The Morgan fingerprint density at radius 1 is 0.759 bits per heavy atom. The maximum atomic E-state index is 12.0. The van der Waals surface area contributed by atoms with Gasteiger partial charge in [-0.3, -0.25) is 14.4 Å². The van der Waals surface area contributed by atoms with Gasteiger partial charge in [-0.25, -0.2) is 0 Å². The van der Waals surface area contributed by atoms with Crippen molar-refractivity contribution in [3.63, 3.8) is 0 Å². The minimum absolute atomic E-state index is 0.246. The Balaban J connectivity index is 1.98. The van der Waals surface area contributed by atoms with Gasteiger partial charge in [0, 0.05) is 0 Å². The summed E-state index contributed by atoms with van der Waals surface area (Å²) in [6.45, 7) is 0. The van der Waals surface area contributed by atoms with Crippen LogP contribution in [0.3, 0.4) is 0 Å². The van der Waals surface area contributed by atoms with Gasteiger partial charge in [0.05, 0.1) is 33.3 Å². The highest BCUT2D eigenvalue weighted by Gasteiger charge is 2.06. The lowest BCUT2D eigenvalue weighted by atomic mass is 10.1. The number of methoxy groups -OCH3 is 3.